The van der Waals surface area contributed by atoms with Crippen molar-refractivity contribution in [1.29, 1.82) is 0 Å². The van der Waals surface area contributed by atoms with Crippen molar-refractivity contribution in [3.63, 3.8) is 0 Å². The highest BCUT2D eigenvalue weighted by atomic mass is 31.2. The highest BCUT2D eigenvalue weighted by molar-refractivity contribution is 7.47. The van der Waals surface area contributed by atoms with Crippen LogP contribution in [0.4, 0.5) is 10.2 Å². The number of nitrogens with zero attached hydrogens (tertiary/aromatic N) is 5. The minimum Gasteiger partial charge on any atom is -0.335 e. The molecule has 210 valence electrons. The monoisotopic (exact) mass is 574 g/mol. The summed E-state index contributed by atoms with van der Waals surface area (Å²) in [5.41, 5.74) is 4.75. The molecule has 0 radical (unpaired) electrons. The summed E-state index contributed by atoms with van der Waals surface area (Å²) < 4.78 is 37.7. The fraction of sp³-hybridized carbons (Fsp3) is 0.250. The van der Waals surface area contributed by atoms with Gasteiger partial charge in [0.1, 0.15) is 12.9 Å². The lowest BCUT2D eigenvalue weighted by Crippen LogP contribution is -2.87. The Balaban J connectivity index is 1.42. The van der Waals surface area contributed by atoms with Gasteiger partial charge in [-0.1, -0.05) is 23.7 Å². The molecule has 5 rings (SSSR count). The maximum absolute atomic E-state index is 15.2. The number of pyridine rings is 1. The number of anilines is 1. The first kappa shape index (κ1) is 27.6. The Labute approximate surface area is 227 Å². The van der Waals surface area contributed by atoms with Gasteiger partial charge in [0, 0.05) is 45.0 Å². The number of hydrogen-bond donors (Lipinski definition) is 3. The average Bonchev–Trinajstić information content (AvgIpc) is 3.65. The minimum absolute atomic E-state index is 0.0398. The Hall–Kier alpha value is -3.98. The number of hydrazine groups is 1. The molecule has 3 aromatic rings. The van der Waals surface area contributed by atoms with Gasteiger partial charge >= 0.3 is 7.82 Å². The standard InChI is InChI=1S/C24H25FN7O7P/c1-38-40(36,37)39-15-31-14-17(19-18(25)13-26-22(20(19)31)32-8-7-27-28-32)21(33)24(35)30-11-9-29(10-12-30)23(34)16-5-3-2-4-6-16/h2-8,13-14,27-28H,9-12,15H2,1H3,(H,36,37)/p+1. The number of phosphoric acid groups is 1. The number of nitrogens with two attached hydrogens (primary N) is 1. The quantitative estimate of drug-likeness (QED) is 0.148. The number of carbonyl (C=O) groups is 3. The first-order chi connectivity index (χ1) is 19.2. The number of aromatic nitrogens is 2. The van der Waals surface area contributed by atoms with Crippen LogP contribution in [-0.2, 0) is 25.1 Å². The van der Waals surface area contributed by atoms with Crippen LogP contribution in [0.2, 0.25) is 0 Å². The van der Waals surface area contributed by atoms with Crippen LogP contribution in [0.3, 0.4) is 0 Å². The van der Waals surface area contributed by atoms with Crippen LogP contribution < -0.4 is 16.0 Å². The number of phosphoric ester groups is 1. The van der Waals surface area contributed by atoms with Gasteiger partial charge in [-0.2, -0.15) is 0 Å². The van der Waals surface area contributed by atoms with Gasteiger partial charge in [0.2, 0.25) is 0 Å². The van der Waals surface area contributed by atoms with E-state index in [1.54, 1.807) is 53.1 Å². The summed E-state index contributed by atoms with van der Waals surface area (Å²) in [4.78, 5) is 56.2. The van der Waals surface area contributed by atoms with Gasteiger partial charge in [-0.3, -0.25) is 23.4 Å². The first-order valence-corrected chi connectivity index (χ1v) is 13.6. The highest BCUT2D eigenvalue weighted by Crippen LogP contribution is 2.43. The summed E-state index contributed by atoms with van der Waals surface area (Å²) in [5, 5.41) is 1.23. The summed E-state index contributed by atoms with van der Waals surface area (Å²) in [6, 6.07) is 8.73. The largest absolute Gasteiger partial charge is 0.473 e. The van der Waals surface area contributed by atoms with Crippen LogP contribution >= 0.6 is 7.82 Å². The molecule has 0 saturated carbocycles. The number of fused-ring (bicyclic) bond motifs is 1. The van der Waals surface area contributed by atoms with E-state index in [0.717, 1.165) is 13.3 Å². The van der Waals surface area contributed by atoms with Crippen molar-refractivity contribution in [2.45, 2.75) is 6.73 Å². The molecule has 4 N–H and O–H groups in total. The van der Waals surface area contributed by atoms with Gasteiger partial charge in [0.05, 0.1) is 28.9 Å². The number of amides is 2. The molecule has 0 bridgehead atoms. The molecule has 2 aliphatic rings. The van der Waals surface area contributed by atoms with E-state index in [9.17, 15) is 23.8 Å². The highest BCUT2D eigenvalue weighted by Gasteiger charge is 2.33. The topological polar surface area (TPSA) is 163 Å². The second-order valence-electron chi connectivity index (χ2n) is 8.86. The van der Waals surface area contributed by atoms with Gasteiger partial charge in [-0.15, -0.1) is 0 Å². The molecule has 2 aromatic heterocycles. The van der Waals surface area contributed by atoms with Gasteiger partial charge in [0.25, 0.3) is 17.6 Å². The summed E-state index contributed by atoms with van der Waals surface area (Å²) in [7, 11) is -3.45. The molecular formula is C24H26FN7O7P+. The lowest BCUT2D eigenvalue weighted by Gasteiger charge is -2.34. The van der Waals surface area contributed by atoms with E-state index in [1.807, 2.05) is 0 Å². The second kappa shape index (κ2) is 11.3. The maximum Gasteiger partial charge on any atom is 0.473 e. The third kappa shape index (κ3) is 5.38. The second-order valence-corrected chi connectivity index (χ2v) is 10.4. The molecule has 1 unspecified atom stereocenters. The predicted molar refractivity (Wildman–Crippen MR) is 138 cm³/mol. The van der Waals surface area contributed by atoms with Crippen LogP contribution in [0.25, 0.3) is 10.9 Å². The van der Waals surface area contributed by atoms with Gasteiger partial charge in [-0.05, 0) is 12.1 Å². The summed E-state index contributed by atoms with van der Waals surface area (Å²) >= 11 is 0. The average molecular weight is 574 g/mol. The van der Waals surface area contributed by atoms with Crippen LogP contribution in [-0.4, -0.2) is 75.1 Å². The number of piperazine rings is 1. The van der Waals surface area contributed by atoms with Crippen molar-refractivity contribution in [1.82, 2.24) is 24.9 Å². The Morgan fingerprint density at radius 1 is 1.15 bits per heavy atom. The molecule has 4 heterocycles. The molecule has 2 aliphatic heterocycles. The number of Topliss-reactive ketones (excluding diaryl/α,β-unsaturated/α-hetero) is 1. The van der Waals surface area contributed by atoms with E-state index in [0.29, 0.717) is 5.56 Å². The molecule has 0 aliphatic carbocycles. The van der Waals surface area contributed by atoms with Gasteiger partial charge in [0.15, 0.2) is 11.6 Å². The summed E-state index contributed by atoms with van der Waals surface area (Å²) in [6.07, 6.45) is 5.34. The van der Waals surface area contributed by atoms with Crippen molar-refractivity contribution in [2.24, 2.45) is 0 Å². The van der Waals surface area contributed by atoms with E-state index in [-0.39, 0.29) is 54.4 Å². The number of nitrogens with one attached hydrogen (secondary N) is 1. The Kier molecular flexibility index (Phi) is 7.76. The lowest BCUT2D eigenvalue weighted by molar-refractivity contribution is -0.640. The normalized spacial score (nSPS) is 16.9. The fourth-order valence-corrected chi connectivity index (χ4v) is 4.86. The molecular weight excluding hydrogens is 548 g/mol. The minimum atomic E-state index is -4.44. The number of rotatable bonds is 8. The molecule has 1 aromatic carbocycles. The van der Waals surface area contributed by atoms with E-state index in [2.05, 4.69) is 15.0 Å². The van der Waals surface area contributed by atoms with Crippen LogP contribution in [0.15, 0.2) is 55.1 Å². The third-order valence-corrected chi connectivity index (χ3v) is 7.41. The molecule has 1 fully saturated rings. The molecule has 40 heavy (non-hydrogen) atoms. The Morgan fingerprint density at radius 3 is 2.50 bits per heavy atom. The Bertz CT molecular complexity index is 1540. The predicted octanol–water partition coefficient (Wildman–Crippen LogP) is 0.338. The molecule has 1 saturated heterocycles. The first-order valence-electron chi connectivity index (χ1n) is 12.1. The number of halogens is 1. The Morgan fingerprint density at radius 2 is 1.85 bits per heavy atom. The number of benzene rings is 1. The number of hydrogen-bond acceptors (Lipinski definition) is 9. The summed E-state index contributed by atoms with van der Waals surface area (Å²) in [6.45, 7) is 0.0491. The SMILES string of the molecule is COP(=O)(O)OCn1cc(C(=O)C(=O)N2CCN(C(=O)c3ccccc3)CC2)c2c(F)cnc(N3C=C[NH2+]N3)c21. The van der Waals surface area contributed by atoms with E-state index in [4.69, 9.17) is 4.52 Å². The van der Waals surface area contributed by atoms with Gasteiger partial charge in [-0.25, -0.2) is 24.4 Å². The zero-order chi connectivity index (χ0) is 28.4. The molecule has 1 atom stereocenters. The zero-order valence-corrected chi connectivity index (χ0v) is 22.2. The van der Waals surface area contributed by atoms with Crippen LogP contribution in [0.1, 0.15) is 20.7 Å². The number of quaternary nitrogens is 1. The smallest absolute Gasteiger partial charge is 0.335 e. The fourth-order valence-electron chi connectivity index (χ4n) is 4.48. The number of carbonyl (C=O) groups excluding carboxylic acids is 3. The number of ketones is 1. The molecule has 16 heteroatoms. The molecule has 2 amide bonds. The van der Waals surface area contributed by atoms with E-state index in [1.165, 1.54) is 20.7 Å². The van der Waals surface area contributed by atoms with Crippen molar-refractivity contribution < 1.29 is 42.7 Å². The van der Waals surface area contributed by atoms with Crippen LogP contribution in [0, 0.1) is 5.82 Å². The zero-order valence-electron chi connectivity index (χ0n) is 21.3. The van der Waals surface area contributed by atoms with Gasteiger partial charge < -0.3 is 19.3 Å². The van der Waals surface area contributed by atoms with Crippen molar-refractivity contribution in [2.75, 3.05) is 38.3 Å². The van der Waals surface area contributed by atoms with Crippen molar-refractivity contribution in [3.05, 3.63) is 72.1 Å². The molecule has 14 nitrogen and oxygen atoms in total. The lowest BCUT2D eigenvalue weighted by atomic mass is 10.1. The molecule has 0 spiro atoms. The van der Waals surface area contributed by atoms with Crippen molar-refractivity contribution >= 4 is 42.1 Å². The van der Waals surface area contributed by atoms with E-state index < -0.39 is 32.1 Å². The van der Waals surface area contributed by atoms with E-state index >= 15 is 4.39 Å². The van der Waals surface area contributed by atoms with Crippen LogP contribution in [0.5, 0.6) is 0 Å². The third-order valence-electron chi connectivity index (χ3n) is 6.51. The summed E-state index contributed by atoms with van der Waals surface area (Å²) in [5.74, 6) is -2.77. The van der Waals surface area contributed by atoms with Crippen molar-refractivity contribution in [3.8, 4) is 0 Å². The maximum atomic E-state index is 15.2.